The third-order valence-corrected chi connectivity index (χ3v) is 6.32. The highest BCUT2D eigenvalue weighted by atomic mass is 35.5. The monoisotopic (exact) mass is 471 g/mol. The van der Waals surface area contributed by atoms with Gasteiger partial charge in [0.2, 0.25) is 5.88 Å². The molecule has 0 bridgehead atoms. The smallest absolute Gasteiger partial charge is 0.349 e. The number of anilines is 1. The summed E-state index contributed by atoms with van der Waals surface area (Å²) in [4.78, 5) is 28.0. The van der Waals surface area contributed by atoms with E-state index in [2.05, 4.69) is 33.7 Å². The first-order chi connectivity index (χ1) is 15.8. The van der Waals surface area contributed by atoms with E-state index in [0.717, 1.165) is 18.6 Å². The number of nitrogens with zero attached hydrogens (tertiary/aromatic N) is 5. The summed E-state index contributed by atoms with van der Waals surface area (Å²) in [5, 5.41) is 0.373. The van der Waals surface area contributed by atoms with Gasteiger partial charge in [-0.3, -0.25) is 4.57 Å². The average Bonchev–Trinajstić information content (AvgIpc) is 2.77. The number of aryl methyl sites for hydroxylation is 1. The molecule has 9 heteroatoms. The van der Waals surface area contributed by atoms with Gasteiger partial charge in [0.15, 0.2) is 5.82 Å². The molecular formula is C24H30ClN5O3. The second kappa shape index (κ2) is 9.55. The van der Waals surface area contributed by atoms with Crippen LogP contribution >= 0.6 is 11.6 Å². The summed E-state index contributed by atoms with van der Waals surface area (Å²) in [5.74, 6) is 2.12. The van der Waals surface area contributed by atoms with Crippen molar-refractivity contribution in [2.24, 2.45) is 13.0 Å². The summed E-state index contributed by atoms with van der Waals surface area (Å²) >= 11 is 6.19. The molecule has 3 aromatic heterocycles. The van der Waals surface area contributed by atoms with Crippen LogP contribution in [0.25, 0.3) is 11.0 Å². The van der Waals surface area contributed by atoms with Crippen LogP contribution in [-0.4, -0.2) is 44.3 Å². The predicted octanol–water partition coefficient (Wildman–Crippen LogP) is 4.24. The van der Waals surface area contributed by atoms with Gasteiger partial charge in [0.1, 0.15) is 22.5 Å². The number of fused-ring (bicyclic) bond motifs is 1. The molecule has 0 unspecified atom stereocenters. The summed E-state index contributed by atoms with van der Waals surface area (Å²) in [5.41, 5.74) is 1.03. The van der Waals surface area contributed by atoms with E-state index >= 15 is 0 Å². The molecule has 3 atom stereocenters. The third kappa shape index (κ3) is 4.90. The van der Waals surface area contributed by atoms with Crippen molar-refractivity contribution in [1.29, 1.82) is 0 Å². The Balaban J connectivity index is 1.59. The zero-order valence-corrected chi connectivity index (χ0v) is 20.4. The molecule has 4 rings (SSSR count). The highest BCUT2D eigenvalue weighted by Gasteiger charge is 2.36. The fourth-order valence-electron chi connectivity index (χ4n) is 4.36. The van der Waals surface area contributed by atoms with E-state index in [1.807, 2.05) is 32.0 Å². The lowest BCUT2D eigenvalue weighted by molar-refractivity contribution is 0.0908. The molecule has 1 aliphatic rings. The topological polar surface area (TPSA) is 82.4 Å². The zero-order valence-electron chi connectivity index (χ0n) is 19.7. The summed E-state index contributed by atoms with van der Waals surface area (Å²) in [6, 6.07) is 7.32. The number of rotatable bonds is 6. The molecule has 0 spiro atoms. The lowest BCUT2D eigenvalue weighted by Crippen LogP contribution is -2.51. The maximum atomic E-state index is 12.6. The third-order valence-electron chi connectivity index (χ3n) is 6.11. The second-order valence-corrected chi connectivity index (χ2v) is 9.23. The van der Waals surface area contributed by atoms with Gasteiger partial charge in [-0.15, -0.1) is 0 Å². The van der Waals surface area contributed by atoms with E-state index < -0.39 is 0 Å². The van der Waals surface area contributed by atoms with Crippen LogP contribution in [0.15, 0.2) is 35.3 Å². The molecule has 0 N–H and O–H groups in total. The molecule has 4 heterocycles. The van der Waals surface area contributed by atoms with Gasteiger partial charge in [-0.25, -0.2) is 14.8 Å². The predicted molar refractivity (Wildman–Crippen MR) is 129 cm³/mol. The average molecular weight is 472 g/mol. The Morgan fingerprint density at radius 1 is 1.21 bits per heavy atom. The standard InChI is InChI=1S/C24H30ClN5O3/c1-6-16-13-30(23-22-18(8-9-20(25)27-22)29(5)24(31)28-23)15(4)11-19(16)33-21-10-7-17(12-26-21)32-14(2)3/h7-10,12,14-16,19H,6,11,13H2,1-5H3/t15-,16+,19-/m0/s1. The van der Waals surface area contributed by atoms with E-state index in [4.69, 9.17) is 21.1 Å². The molecule has 0 aromatic carbocycles. The molecule has 33 heavy (non-hydrogen) atoms. The molecule has 1 aliphatic heterocycles. The summed E-state index contributed by atoms with van der Waals surface area (Å²) in [6.45, 7) is 8.92. The molecule has 1 saturated heterocycles. The Labute approximate surface area is 198 Å². The van der Waals surface area contributed by atoms with Crippen LogP contribution in [-0.2, 0) is 7.05 Å². The van der Waals surface area contributed by atoms with Crippen molar-refractivity contribution in [2.75, 3.05) is 11.4 Å². The van der Waals surface area contributed by atoms with E-state index in [1.165, 1.54) is 4.57 Å². The number of pyridine rings is 2. The zero-order chi connectivity index (χ0) is 23.7. The van der Waals surface area contributed by atoms with Crippen LogP contribution in [0.3, 0.4) is 0 Å². The Bertz CT molecular complexity index is 1180. The number of ether oxygens (including phenoxy) is 2. The minimum absolute atomic E-state index is 0.0000243. The highest BCUT2D eigenvalue weighted by Crippen LogP contribution is 2.33. The molecule has 176 valence electrons. The Morgan fingerprint density at radius 3 is 2.67 bits per heavy atom. The van der Waals surface area contributed by atoms with E-state index in [9.17, 15) is 4.79 Å². The first-order valence-corrected chi connectivity index (χ1v) is 11.7. The van der Waals surface area contributed by atoms with Crippen LogP contribution in [0.2, 0.25) is 5.15 Å². The van der Waals surface area contributed by atoms with Crippen molar-refractivity contribution in [3.63, 3.8) is 0 Å². The van der Waals surface area contributed by atoms with Crippen LogP contribution in [0.1, 0.15) is 40.5 Å². The molecular weight excluding hydrogens is 442 g/mol. The minimum atomic E-state index is -0.312. The quantitative estimate of drug-likeness (QED) is 0.497. The number of hydrogen-bond donors (Lipinski definition) is 0. The number of piperidine rings is 1. The maximum absolute atomic E-state index is 12.6. The van der Waals surface area contributed by atoms with Gasteiger partial charge in [0.05, 0.1) is 17.8 Å². The molecule has 8 nitrogen and oxygen atoms in total. The van der Waals surface area contributed by atoms with Crippen LogP contribution < -0.4 is 20.1 Å². The molecule has 1 fully saturated rings. The minimum Gasteiger partial charge on any atom is -0.489 e. The number of hydrogen-bond acceptors (Lipinski definition) is 7. The molecule has 0 aliphatic carbocycles. The van der Waals surface area contributed by atoms with Crippen molar-refractivity contribution < 1.29 is 9.47 Å². The first-order valence-electron chi connectivity index (χ1n) is 11.4. The van der Waals surface area contributed by atoms with Gasteiger partial charge >= 0.3 is 5.69 Å². The first kappa shape index (κ1) is 23.3. The summed E-state index contributed by atoms with van der Waals surface area (Å²) < 4.78 is 13.5. The van der Waals surface area contributed by atoms with Gasteiger partial charge < -0.3 is 14.4 Å². The Hall–Kier alpha value is -2.87. The Kier molecular flexibility index (Phi) is 6.74. The lowest BCUT2D eigenvalue weighted by Gasteiger charge is -2.43. The van der Waals surface area contributed by atoms with Crippen LogP contribution in [0.5, 0.6) is 11.6 Å². The largest absolute Gasteiger partial charge is 0.489 e. The van der Waals surface area contributed by atoms with Crippen molar-refractivity contribution in [1.82, 2.24) is 19.5 Å². The van der Waals surface area contributed by atoms with Gasteiger partial charge in [0.25, 0.3) is 0 Å². The van der Waals surface area contributed by atoms with E-state index in [0.29, 0.717) is 34.4 Å². The number of halogens is 1. The van der Waals surface area contributed by atoms with Crippen molar-refractivity contribution >= 4 is 28.5 Å². The molecule has 0 amide bonds. The van der Waals surface area contributed by atoms with E-state index in [-0.39, 0.29) is 29.9 Å². The van der Waals surface area contributed by atoms with E-state index in [1.54, 1.807) is 19.3 Å². The fourth-order valence-corrected chi connectivity index (χ4v) is 4.50. The lowest BCUT2D eigenvalue weighted by atomic mass is 9.88. The molecule has 3 aromatic rings. The summed E-state index contributed by atoms with van der Waals surface area (Å²) in [6.07, 6.45) is 3.47. The van der Waals surface area contributed by atoms with Crippen LogP contribution in [0, 0.1) is 5.92 Å². The molecule has 0 radical (unpaired) electrons. The van der Waals surface area contributed by atoms with Gasteiger partial charge in [-0.05, 0) is 45.4 Å². The Morgan fingerprint density at radius 2 is 2.00 bits per heavy atom. The van der Waals surface area contributed by atoms with Gasteiger partial charge in [0, 0.05) is 38.0 Å². The SMILES string of the molecule is CC[C@@H]1CN(c2nc(=O)n(C)c3ccc(Cl)nc23)[C@@H](C)C[C@@H]1Oc1ccc(OC(C)C)cn1. The second-order valence-electron chi connectivity index (χ2n) is 8.84. The normalized spacial score (nSPS) is 20.9. The van der Waals surface area contributed by atoms with Crippen molar-refractivity contribution in [2.45, 2.75) is 58.8 Å². The highest BCUT2D eigenvalue weighted by molar-refractivity contribution is 6.29. The van der Waals surface area contributed by atoms with Crippen molar-refractivity contribution in [3.8, 4) is 11.6 Å². The van der Waals surface area contributed by atoms with Gasteiger partial charge in [-0.2, -0.15) is 4.98 Å². The maximum Gasteiger partial charge on any atom is 0.349 e. The van der Waals surface area contributed by atoms with Crippen LogP contribution in [0.4, 0.5) is 5.82 Å². The number of aromatic nitrogens is 4. The van der Waals surface area contributed by atoms with Crippen molar-refractivity contribution in [3.05, 3.63) is 46.1 Å². The summed E-state index contributed by atoms with van der Waals surface area (Å²) in [7, 11) is 1.69. The van der Waals surface area contributed by atoms with Gasteiger partial charge in [-0.1, -0.05) is 18.5 Å². The molecule has 0 saturated carbocycles. The fraction of sp³-hybridized carbons (Fsp3) is 0.500.